The molecule has 2 aromatic carbocycles. The molecule has 2 nitrogen and oxygen atoms in total. The van der Waals surface area contributed by atoms with Gasteiger partial charge in [-0.25, -0.2) is 0 Å². The standard InChI is InChI=1S/C15H12Cl2O2/c1-19-13-6-3-10(4-7-13)2-5-11-8-12(16)9-14(17)15(11)18/h2-9,18H,1H3. The van der Waals surface area contributed by atoms with E-state index in [2.05, 4.69) is 0 Å². The number of hydrogen-bond donors (Lipinski definition) is 1. The summed E-state index contributed by atoms with van der Waals surface area (Å²) in [5, 5.41) is 10.5. The van der Waals surface area contributed by atoms with E-state index >= 15 is 0 Å². The molecule has 0 saturated heterocycles. The zero-order valence-corrected chi connectivity index (χ0v) is 11.7. The molecular weight excluding hydrogens is 283 g/mol. The van der Waals surface area contributed by atoms with Gasteiger partial charge in [-0.15, -0.1) is 0 Å². The second-order valence-electron chi connectivity index (χ2n) is 3.93. The van der Waals surface area contributed by atoms with Crippen LogP contribution in [0, 0.1) is 0 Å². The zero-order chi connectivity index (χ0) is 13.8. The molecule has 0 radical (unpaired) electrons. The number of ether oxygens (including phenoxy) is 1. The number of aromatic hydroxyl groups is 1. The summed E-state index contributed by atoms with van der Waals surface area (Å²) in [6, 6.07) is 10.7. The van der Waals surface area contributed by atoms with Crippen LogP contribution in [0.25, 0.3) is 12.2 Å². The van der Waals surface area contributed by atoms with E-state index in [0.29, 0.717) is 10.6 Å². The SMILES string of the molecule is COc1ccc(C=Cc2cc(Cl)cc(Cl)c2O)cc1. The summed E-state index contributed by atoms with van der Waals surface area (Å²) in [6.45, 7) is 0. The van der Waals surface area contributed by atoms with Crippen molar-refractivity contribution in [1.29, 1.82) is 0 Å². The molecule has 98 valence electrons. The molecule has 2 rings (SSSR count). The minimum atomic E-state index is 0.0239. The Bertz CT molecular complexity index is 604. The third-order valence-electron chi connectivity index (χ3n) is 2.63. The first-order valence-corrected chi connectivity index (χ1v) is 6.36. The Morgan fingerprint density at radius 3 is 2.37 bits per heavy atom. The second-order valence-corrected chi connectivity index (χ2v) is 4.78. The molecule has 0 aromatic heterocycles. The van der Waals surface area contributed by atoms with Crippen LogP contribution >= 0.6 is 23.2 Å². The Morgan fingerprint density at radius 1 is 1.05 bits per heavy atom. The van der Waals surface area contributed by atoms with Gasteiger partial charge in [0, 0.05) is 10.6 Å². The van der Waals surface area contributed by atoms with Crippen molar-refractivity contribution in [3.05, 3.63) is 57.6 Å². The van der Waals surface area contributed by atoms with Crippen molar-refractivity contribution in [1.82, 2.24) is 0 Å². The van der Waals surface area contributed by atoms with Crippen LogP contribution in [0.1, 0.15) is 11.1 Å². The third-order valence-corrected chi connectivity index (χ3v) is 3.14. The maximum Gasteiger partial charge on any atom is 0.141 e. The lowest BCUT2D eigenvalue weighted by molar-refractivity contribution is 0.415. The molecule has 0 aliphatic rings. The first-order chi connectivity index (χ1) is 9.10. The van der Waals surface area contributed by atoms with E-state index in [-0.39, 0.29) is 10.8 Å². The molecule has 19 heavy (non-hydrogen) atoms. The molecule has 0 aliphatic carbocycles. The first kappa shape index (κ1) is 13.8. The van der Waals surface area contributed by atoms with E-state index in [1.807, 2.05) is 30.3 Å². The highest BCUT2D eigenvalue weighted by Gasteiger charge is 2.05. The van der Waals surface area contributed by atoms with Crippen LogP contribution in [0.15, 0.2) is 36.4 Å². The van der Waals surface area contributed by atoms with Gasteiger partial charge in [-0.05, 0) is 29.8 Å². The van der Waals surface area contributed by atoms with Gasteiger partial charge >= 0.3 is 0 Å². The first-order valence-electron chi connectivity index (χ1n) is 5.60. The predicted octanol–water partition coefficient (Wildman–Crippen LogP) is 4.88. The number of rotatable bonds is 3. The largest absolute Gasteiger partial charge is 0.506 e. The van der Waals surface area contributed by atoms with Gasteiger partial charge in [0.25, 0.3) is 0 Å². The zero-order valence-electron chi connectivity index (χ0n) is 10.2. The lowest BCUT2D eigenvalue weighted by Crippen LogP contribution is -1.81. The number of hydrogen-bond acceptors (Lipinski definition) is 2. The normalized spacial score (nSPS) is 10.9. The van der Waals surface area contributed by atoms with Crippen molar-refractivity contribution in [3.8, 4) is 11.5 Å². The van der Waals surface area contributed by atoms with Gasteiger partial charge in [-0.1, -0.05) is 47.5 Å². The topological polar surface area (TPSA) is 29.5 Å². The molecular formula is C15H12Cl2O2. The number of halogens is 2. The van der Waals surface area contributed by atoms with Gasteiger partial charge in [0.05, 0.1) is 12.1 Å². The van der Waals surface area contributed by atoms with Crippen LogP contribution in [0.3, 0.4) is 0 Å². The quantitative estimate of drug-likeness (QED) is 0.818. The highest BCUT2D eigenvalue weighted by Crippen LogP contribution is 2.32. The fourth-order valence-corrected chi connectivity index (χ4v) is 2.12. The van der Waals surface area contributed by atoms with Crippen LogP contribution < -0.4 is 4.74 Å². The molecule has 0 spiro atoms. The smallest absolute Gasteiger partial charge is 0.141 e. The maximum atomic E-state index is 9.82. The summed E-state index contributed by atoms with van der Waals surface area (Å²) in [6.07, 6.45) is 3.62. The summed E-state index contributed by atoms with van der Waals surface area (Å²) < 4.78 is 5.08. The summed E-state index contributed by atoms with van der Waals surface area (Å²) >= 11 is 11.8. The molecule has 0 amide bonds. The Labute approximate surface area is 121 Å². The van der Waals surface area contributed by atoms with Crippen molar-refractivity contribution >= 4 is 35.4 Å². The van der Waals surface area contributed by atoms with Crippen LogP contribution in [-0.4, -0.2) is 12.2 Å². The minimum absolute atomic E-state index is 0.0239. The number of phenols is 1. The van der Waals surface area contributed by atoms with Crippen molar-refractivity contribution in [2.24, 2.45) is 0 Å². The molecule has 0 fully saturated rings. The minimum Gasteiger partial charge on any atom is -0.506 e. The van der Waals surface area contributed by atoms with Gasteiger partial charge in [-0.3, -0.25) is 0 Å². The highest BCUT2D eigenvalue weighted by atomic mass is 35.5. The number of methoxy groups -OCH3 is 1. The van der Waals surface area contributed by atoms with Gasteiger partial charge in [0.15, 0.2) is 0 Å². The van der Waals surface area contributed by atoms with Gasteiger partial charge in [0.1, 0.15) is 11.5 Å². The van der Waals surface area contributed by atoms with Crippen LogP contribution in [0.4, 0.5) is 0 Å². The van der Waals surface area contributed by atoms with Gasteiger partial charge < -0.3 is 9.84 Å². The van der Waals surface area contributed by atoms with E-state index in [9.17, 15) is 5.11 Å². The summed E-state index contributed by atoms with van der Waals surface area (Å²) in [4.78, 5) is 0. The number of benzene rings is 2. The van der Waals surface area contributed by atoms with Crippen LogP contribution in [-0.2, 0) is 0 Å². The highest BCUT2D eigenvalue weighted by molar-refractivity contribution is 6.35. The Morgan fingerprint density at radius 2 is 1.74 bits per heavy atom. The average Bonchev–Trinajstić information content (AvgIpc) is 2.41. The fraction of sp³-hybridized carbons (Fsp3) is 0.0667. The van der Waals surface area contributed by atoms with Crippen molar-refractivity contribution in [2.75, 3.05) is 7.11 Å². The molecule has 2 aromatic rings. The molecule has 0 aliphatic heterocycles. The van der Waals surface area contributed by atoms with Crippen LogP contribution in [0.5, 0.6) is 11.5 Å². The molecule has 0 saturated carbocycles. The van der Waals surface area contributed by atoms with E-state index < -0.39 is 0 Å². The summed E-state index contributed by atoms with van der Waals surface area (Å²) in [7, 11) is 1.62. The Balaban J connectivity index is 2.27. The van der Waals surface area contributed by atoms with E-state index in [1.165, 1.54) is 6.07 Å². The van der Waals surface area contributed by atoms with E-state index in [0.717, 1.165) is 11.3 Å². The number of phenolic OH excluding ortho intramolecular Hbond substituents is 1. The van der Waals surface area contributed by atoms with Crippen molar-refractivity contribution < 1.29 is 9.84 Å². The molecule has 0 unspecified atom stereocenters. The molecule has 0 heterocycles. The second kappa shape index (κ2) is 6.00. The summed E-state index contributed by atoms with van der Waals surface area (Å²) in [5.41, 5.74) is 1.56. The summed E-state index contributed by atoms with van der Waals surface area (Å²) in [5.74, 6) is 0.821. The lowest BCUT2D eigenvalue weighted by atomic mass is 10.1. The predicted molar refractivity (Wildman–Crippen MR) is 80.0 cm³/mol. The van der Waals surface area contributed by atoms with E-state index in [4.69, 9.17) is 27.9 Å². The molecule has 1 N–H and O–H groups in total. The monoisotopic (exact) mass is 294 g/mol. The van der Waals surface area contributed by atoms with Gasteiger partial charge in [-0.2, -0.15) is 0 Å². The molecule has 0 bridgehead atoms. The van der Waals surface area contributed by atoms with Crippen LogP contribution in [0.2, 0.25) is 10.0 Å². The Hall–Kier alpha value is -1.64. The fourth-order valence-electron chi connectivity index (χ4n) is 1.61. The third kappa shape index (κ3) is 3.43. The molecule has 0 atom stereocenters. The Kier molecular flexibility index (Phi) is 4.35. The van der Waals surface area contributed by atoms with Crippen molar-refractivity contribution in [3.63, 3.8) is 0 Å². The van der Waals surface area contributed by atoms with Crippen molar-refractivity contribution in [2.45, 2.75) is 0 Å². The van der Waals surface area contributed by atoms with E-state index in [1.54, 1.807) is 19.3 Å². The lowest BCUT2D eigenvalue weighted by Gasteiger charge is -2.03. The average molecular weight is 295 g/mol. The molecule has 4 heteroatoms. The maximum absolute atomic E-state index is 9.82. The van der Waals surface area contributed by atoms with Gasteiger partial charge in [0.2, 0.25) is 0 Å².